The number of carbonyl (C=O) groups is 1. The highest BCUT2D eigenvalue weighted by Crippen LogP contribution is 2.27. The minimum Gasteiger partial charge on any atom is -0.484 e. The molecule has 1 aromatic heterocycles. The van der Waals surface area contributed by atoms with Gasteiger partial charge in [0.2, 0.25) is 10.0 Å². The third kappa shape index (κ3) is 5.01. The number of aromatic nitrogens is 1. The SMILES string of the molecule is Cc1ccc(OCC(=O)Nc2nc(-c3ccc(S(=O)(=O)N4CCCC4)cc3)cs2)cc1C. The highest BCUT2D eigenvalue weighted by molar-refractivity contribution is 7.89. The van der Waals surface area contributed by atoms with Crippen molar-refractivity contribution >= 4 is 32.4 Å². The van der Waals surface area contributed by atoms with E-state index in [1.807, 2.05) is 37.4 Å². The molecule has 2 heterocycles. The number of benzene rings is 2. The normalized spacial score (nSPS) is 14.4. The topological polar surface area (TPSA) is 88.6 Å². The summed E-state index contributed by atoms with van der Waals surface area (Å²) >= 11 is 1.30. The van der Waals surface area contributed by atoms with Gasteiger partial charge in [0.05, 0.1) is 10.6 Å². The summed E-state index contributed by atoms with van der Waals surface area (Å²) < 4.78 is 32.4. The second-order valence-corrected chi connectivity index (χ2v) is 10.6. The first-order valence-electron chi connectivity index (χ1n) is 10.4. The van der Waals surface area contributed by atoms with E-state index in [1.165, 1.54) is 21.2 Å². The minimum atomic E-state index is -3.44. The molecule has 4 rings (SSSR count). The van der Waals surface area contributed by atoms with Gasteiger partial charge in [0.1, 0.15) is 5.75 Å². The summed E-state index contributed by atoms with van der Waals surface area (Å²) in [5.41, 5.74) is 3.73. The van der Waals surface area contributed by atoms with Gasteiger partial charge in [0.15, 0.2) is 11.7 Å². The van der Waals surface area contributed by atoms with Crippen LogP contribution in [0.5, 0.6) is 5.75 Å². The van der Waals surface area contributed by atoms with Gasteiger partial charge in [-0.15, -0.1) is 11.3 Å². The molecule has 168 valence electrons. The summed E-state index contributed by atoms with van der Waals surface area (Å²) in [5, 5.41) is 5.03. The fourth-order valence-corrected chi connectivity index (χ4v) is 5.70. The maximum absolute atomic E-state index is 12.7. The Morgan fingerprint density at radius 2 is 1.81 bits per heavy atom. The van der Waals surface area contributed by atoms with Gasteiger partial charge in [-0.1, -0.05) is 18.2 Å². The van der Waals surface area contributed by atoms with E-state index in [4.69, 9.17) is 4.74 Å². The van der Waals surface area contributed by atoms with Crippen LogP contribution >= 0.6 is 11.3 Å². The van der Waals surface area contributed by atoms with Crippen molar-refractivity contribution in [2.24, 2.45) is 0 Å². The Morgan fingerprint density at radius 1 is 1.09 bits per heavy atom. The minimum absolute atomic E-state index is 0.111. The van der Waals surface area contributed by atoms with Gasteiger partial charge < -0.3 is 4.74 Å². The Bertz CT molecular complexity index is 1210. The Labute approximate surface area is 192 Å². The summed E-state index contributed by atoms with van der Waals surface area (Å²) in [6.45, 7) is 5.05. The van der Waals surface area contributed by atoms with Crippen molar-refractivity contribution < 1.29 is 17.9 Å². The molecular formula is C23H25N3O4S2. The van der Waals surface area contributed by atoms with Gasteiger partial charge in [0.25, 0.3) is 5.91 Å². The largest absolute Gasteiger partial charge is 0.484 e. The lowest BCUT2D eigenvalue weighted by molar-refractivity contribution is -0.118. The number of anilines is 1. The van der Waals surface area contributed by atoms with Crippen molar-refractivity contribution in [1.29, 1.82) is 0 Å². The van der Waals surface area contributed by atoms with E-state index in [2.05, 4.69) is 10.3 Å². The van der Waals surface area contributed by atoms with Crippen molar-refractivity contribution in [2.45, 2.75) is 31.6 Å². The van der Waals surface area contributed by atoms with Crippen LogP contribution in [0.1, 0.15) is 24.0 Å². The zero-order valence-corrected chi connectivity index (χ0v) is 19.6. The molecule has 7 nitrogen and oxygen atoms in total. The van der Waals surface area contributed by atoms with Crippen molar-refractivity contribution in [3.63, 3.8) is 0 Å². The number of hydrogen-bond donors (Lipinski definition) is 1. The standard InChI is InChI=1S/C23H25N3O4S2/c1-16-5-8-19(13-17(16)2)30-14-22(27)25-23-24-21(15-31-23)18-6-9-20(10-7-18)32(28,29)26-11-3-4-12-26/h5-10,13,15H,3-4,11-12,14H2,1-2H3,(H,24,25,27). The third-order valence-corrected chi connectivity index (χ3v) is 8.12. The van der Waals surface area contributed by atoms with Crippen LogP contribution in [-0.2, 0) is 14.8 Å². The number of carbonyl (C=O) groups excluding carboxylic acids is 1. The second-order valence-electron chi connectivity index (χ2n) is 7.76. The van der Waals surface area contributed by atoms with Crippen LogP contribution in [0.15, 0.2) is 52.7 Å². The summed E-state index contributed by atoms with van der Waals surface area (Å²) in [4.78, 5) is 17.0. The molecule has 1 fully saturated rings. The van der Waals surface area contributed by atoms with Crippen LogP contribution in [0.4, 0.5) is 5.13 Å². The molecule has 0 unspecified atom stereocenters. The molecule has 1 aliphatic heterocycles. The van der Waals surface area contributed by atoms with Crippen molar-refractivity contribution in [3.05, 3.63) is 59.0 Å². The number of amides is 1. The molecule has 0 atom stereocenters. The number of nitrogens with one attached hydrogen (secondary N) is 1. The van der Waals surface area contributed by atoms with E-state index in [9.17, 15) is 13.2 Å². The van der Waals surface area contributed by atoms with Crippen molar-refractivity contribution in [1.82, 2.24) is 9.29 Å². The molecule has 3 aromatic rings. The van der Waals surface area contributed by atoms with E-state index >= 15 is 0 Å². The van der Waals surface area contributed by atoms with Crippen LogP contribution in [0.2, 0.25) is 0 Å². The van der Waals surface area contributed by atoms with Crippen molar-refractivity contribution in [3.8, 4) is 17.0 Å². The molecule has 0 bridgehead atoms. The number of rotatable bonds is 7. The summed E-state index contributed by atoms with van der Waals surface area (Å²) in [5.74, 6) is 0.350. The van der Waals surface area contributed by atoms with Gasteiger partial charge in [0, 0.05) is 24.0 Å². The Kier molecular flexibility index (Phi) is 6.59. The second kappa shape index (κ2) is 9.40. The monoisotopic (exact) mass is 471 g/mol. The van der Waals surface area contributed by atoms with Gasteiger partial charge in [-0.25, -0.2) is 13.4 Å². The molecule has 1 N–H and O–H groups in total. The van der Waals surface area contributed by atoms with Crippen LogP contribution in [-0.4, -0.2) is 43.3 Å². The average molecular weight is 472 g/mol. The Balaban J connectivity index is 1.36. The molecule has 1 amide bonds. The zero-order valence-electron chi connectivity index (χ0n) is 18.0. The molecule has 0 saturated carbocycles. The van der Waals surface area contributed by atoms with Gasteiger partial charge in [-0.3, -0.25) is 10.1 Å². The third-order valence-electron chi connectivity index (χ3n) is 5.45. The van der Waals surface area contributed by atoms with Crippen molar-refractivity contribution in [2.75, 3.05) is 25.0 Å². The maximum atomic E-state index is 12.7. The maximum Gasteiger partial charge on any atom is 0.264 e. The lowest BCUT2D eigenvalue weighted by Crippen LogP contribution is -2.27. The van der Waals surface area contributed by atoms with E-state index in [-0.39, 0.29) is 17.4 Å². The fraction of sp³-hybridized carbons (Fsp3) is 0.304. The van der Waals surface area contributed by atoms with Crippen LogP contribution in [0.3, 0.4) is 0 Å². The number of ether oxygens (including phenoxy) is 1. The first-order valence-corrected chi connectivity index (χ1v) is 12.7. The van der Waals surface area contributed by atoms with Gasteiger partial charge >= 0.3 is 0 Å². The Morgan fingerprint density at radius 3 is 2.50 bits per heavy atom. The number of hydrogen-bond acceptors (Lipinski definition) is 6. The molecular weight excluding hydrogens is 446 g/mol. The average Bonchev–Trinajstić information content (AvgIpc) is 3.47. The summed E-state index contributed by atoms with van der Waals surface area (Å²) in [7, 11) is -3.44. The fourth-order valence-electron chi connectivity index (χ4n) is 3.45. The molecule has 1 aliphatic rings. The molecule has 2 aromatic carbocycles. The van der Waals surface area contributed by atoms with Crippen LogP contribution < -0.4 is 10.1 Å². The van der Waals surface area contributed by atoms with E-state index < -0.39 is 10.0 Å². The molecule has 0 radical (unpaired) electrons. The highest BCUT2D eigenvalue weighted by Gasteiger charge is 2.27. The molecule has 32 heavy (non-hydrogen) atoms. The molecule has 0 aliphatic carbocycles. The van der Waals surface area contributed by atoms with E-state index in [1.54, 1.807) is 24.3 Å². The predicted octanol–water partition coefficient (Wildman–Crippen LogP) is 4.23. The first kappa shape index (κ1) is 22.4. The van der Waals surface area contributed by atoms with E-state index in [0.717, 1.165) is 24.0 Å². The van der Waals surface area contributed by atoms with Crippen LogP contribution in [0.25, 0.3) is 11.3 Å². The quantitative estimate of drug-likeness (QED) is 0.557. The van der Waals surface area contributed by atoms with Crippen LogP contribution in [0, 0.1) is 13.8 Å². The van der Waals surface area contributed by atoms with E-state index in [0.29, 0.717) is 29.7 Å². The Hall–Kier alpha value is -2.75. The summed E-state index contributed by atoms with van der Waals surface area (Å²) in [6.07, 6.45) is 1.81. The predicted molar refractivity (Wildman–Crippen MR) is 126 cm³/mol. The smallest absolute Gasteiger partial charge is 0.264 e. The number of nitrogens with zero attached hydrogens (tertiary/aromatic N) is 2. The lowest BCUT2D eigenvalue weighted by atomic mass is 10.1. The number of aryl methyl sites for hydroxylation is 2. The number of thiazole rings is 1. The number of sulfonamides is 1. The lowest BCUT2D eigenvalue weighted by Gasteiger charge is -2.15. The van der Waals surface area contributed by atoms with Gasteiger partial charge in [-0.05, 0) is 62.1 Å². The summed E-state index contributed by atoms with van der Waals surface area (Å²) in [6, 6.07) is 12.4. The zero-order chi connectivity index (χ0) is 22.7. The highest BCUT2D eigenvalue weighted by atomic mass is 32.2. The molecule has 0 spiro atoms. The molecule has 9 heteroatoms. The molecule has 1 saturated heterocycles. The van der Waals surface area contributed by atoms with Gasteiger partial charge in [-0.2, -0.15) is 4.31 Å². The first-order chi connectivity index (χ1) is 15.3.